The molecule has 1 nitrogen and oxygen atoms in total. The molecule has 1 aromatic carbocycles. The van der Waals surface area contributed by atoms with Crippen molar-refractivity contribution in [2.45, 2.75) is 19.4 Å². The lowest BCUT2D eigenvalue weighted by Gasteiger charge is -2.06. The summed E-state index contributed by atoms with van der Waals surface area (Å²) in [5.74, 6) is 0. The Morgan fingerprint density at radius 1 is 1.45 bits per heavy atom. The summed E-state index contributed by atoms with van der Waals surface area (Å²) in [4.78, 5) is 0. The molecule has 2 heteroatoms. The van der Waals surface area contributed by atoms with Crippen LogP contribution < -0.4 is 5.19 Å². The highest BCUT2D eigenvalue weighted by atomic mass is 28.2. The van der Waals surface area contributed by atoms with Crippen LogP contribution in [-0.4, -0.2) is 9.76 Å². The molecule has 1 unspecified atom stereocenters. The Balaban J connectivity index is 2.39. The van der Waals surface area contributed by atoms with Crippen LogP contribution in [0.5, 0.6) is 0 Å². The van der Waals surface area contributed by atoms with Gasteiger partial charge in [-0.15, -0.1) is 0 Å². The van der Waals surface area contributed by atoms with E-state index in [4.69, 9.17) is 4.43 Å². The van der Waals surface area contributed by atoms with Crippen LogP contribution in [0.3, 0.4) is 0 Å². The van der Waals surface area contributed by atoms with Crippen molar-refractivity contribution in [2.24, 2.45) is 0 Å². The highest BCUT2D eigenvalue weighted by Crippen LogP contribution is 2.22. The molecule has 0 fully saturated rings. The molecule has 0 amide bonds. The van der Waals surface area contributed by atoms with Crippen LogP contribution in [0.25, 0.3) is 0 Å². The molecular formula is C9H12OSi. The maximum atomic E-state index is 5.71. The van der Waals surface area contributed by atoms with E-state index in [9.17, 15) is 0 Å². The monoisotopic (exact) mass is 164 g/mol. The first-order valence-electron chi connectivity index (χ1n) is 4.11. The molecule has 0 spiro atoms. The molecule has 1 atom stereocenters. The fraction of sp³-hybridized carbons (Fsp3) is 0.333. The molecule has 1 aliphatic rings. The number of fused-ring (bicyclic) bond motifs is 1. The molecule has 11 heavy (non-hydrogen) atoms. The lowest BCUT2D eigenvalue weighted by molar-refractivity contribution is 0.229. The van der Waals surface area contributed by atoms with Crippen LogP contribution in [0.1, 0.15) is 25.0 Å². The molecule has 1 aromatic rings. The minimum absolute atomic E-state index is 0.367. The maximum absolute atomic E-state index is 5.71. The number of hydrogen-bond acceptors (Lipinski definition) is 1. The molecule has 0 bridgehead atoms. The second kappa shape index (κ2) is 2.79. The molecule has 0 saturated carbocycles. The highest BCUT2D eigenvalue weighted by Gasteiger charge is 2.20. The van der Waals surface area contributed by atoms with Crippen molar-refractivity contribution in [3.63, 3.8) is 0 Å². The summed E-state index contributed by atoms with van der Waals surface area (Å²) in [5.41, 5.74) is 1.45. The van der Waals surface area contributed by atoms with Gasteiger partial charge in [0.05, 0.1) is 6.10 Å². The Morgan fingerprint density at radius 2 is 2.27 bits per heavy atom. The van der Waals surface area contributed by atoms with Gasteiger partial charge in [-0.05, 0) is 17.2 Å². The Kier molecular flexibility index (Phi) is 1.80. The minimum Gasteiger partial charge on any atom is -0.412 e. The van der Waals surface area contributed by atoms with E-state index >= 15 is 0 Å². The third-order valence-corrected chi connectivity index (χ3v) is 3.74. The van der Waals surface area contributed by atoms with Crippen molar-refractivity contribution in [1.29, 1.82) is 0 Å². The van der Waals surface area contributed by atoms with Crippen LogP contribution in [-0.2, 0) is 4.43 Å². The third kappa shape index (κ3) is 1.12. The van der Waals surface area contributed by atoms with Gasteiger partial charge in [-0.1, -0.05) is 31.2 Å². The molecule has 58 valence electrons. The molecule has 0 aromatic heterocycles. The van der Waals surface area contributed by atoms with Crippen molar-refractivity contribution in [3.05, 3.63) is 29.8 Å². The summed E-state index contributed by atoms with van der Waals surface area (Å²) in [6, 6.07) is 8.61. The van der Waals surface area contributed by atoms with Crippen molar-refractivity contribution < 1.29 is 4.43 Å². The van der Waals surface area contributed by atoms with Crippen LogP contribution in [0.15, 0.2) is 24.3 Å². The molecular weight excluding hydrogens is 152 g/mol. The van der Waals surface area contributed by atoms with E-state index in [0.717, 1.165) is 6.42 Å². The van der Waals surface area contributed by atoms with Crippen LogP contribution >= 0.6 is 0 Å². The summed E-state index contributed by atoms with van der Waals surface area (Å²) in [5, 5.41) is 1.50. The largest absolute Gasteiger partial charge is 0.412 e. The zero-order valence-electron chi connectivity index (χ0n) is 6.71. The molecule has 1 heterocycles. The summed E-state index contributed by atoms with van der Waals surface area (Å²) < 4.78 is 5.71. The Morgan fingerprint density at radius 3 is 3.09 bits per heavy atom. The van der Waals surface area contributed by atoms with E-state index < -0.39 is 0 Å². The zero-order valence-corrected chi connectivity index (χ0v) is 8.12. The molecule has 1 aliphatic heterocycles. The van der Waals surface area contributed by atoms with Gasteiger partial charge in [0.2, 0.25) is 0 Å². The predicted octanol–water partition coefficient (Wildman–Crippen LogP) is 0.877. The number of hydrogen-bond donors (Lipinski definition) is 0. The van der Waals surface area contributed by atoms with Gasteiger partial charge in [-0.3, -0.25) is 0 Å². The van der Waals surface area contributed by atoms with E-state index in [0.29, 0.717) is 6.10 Å². The van der Waals surface area contributed by atoms with Gasteiger partial charge in [-0.2, -0.15) is 0 Å². The van der Waals surface area contributed by atoms with E-state index in [1.807, 2.05) is 0 Å². The minimum atomic E-state index is -0.367. The van der Waals surface area contributed by atoms with Gasteiger partial charge < -0.3 is 4.43 Å². The Labute approximate surface area is 69.3 Å². The molecule has 0 N–H and O–H groups in total. The molecule has 0 saturated heterocycles. The third-order valence-electron chi connectivity index (χ3n) is 2.21. The molecule has 0 radical (unpaired) electrons. The topological polar surface area (TPSA) is 9.23 Å². The van der Waals surface area contributed by atoms with Crippen LogP contribution in [0.2, 0.25) is 0 Å². The highest BCUT2D eigenvalue weighted by molar-refractivity contribution is 6.49. The SMILES string of the molecule is CCC1O[SiH2]c2ccccc21. The number of benzene rings is 1. The molecule has 2 rings (SSSR count). The van der Waals surface area contributed by atoms with Gasteiger partial charge >= 0.3 is 0 Å². The summed E-state index contributed by atoms with van der Waals surface area (Å²) in [7, 11) is -0.367. The van der Waals surface area contributed by atoms with Gasteiger partial charge in [0.25, 0.3) is 0 Å². The van der Waals surface area contributed by atoms with Crippen molar-refractivity contribution in [2.75, 3.05) is 0 Å². The smallest absolute Gasteiger partial charge is 0.193 e. The second-order valence-corrected chi connectivity index (χ2v) is 4.29. The van der Waals surface area contributed by atoms with Gasteiger partial charge in [0.15, 0.2) is 9.76 Å². The summed E-state index contributed by atoms with van der Waals surface area (Å²) in [6.45, 7) is 2.18. The van der Waals surface area contributed by atoms with E-state index in [-0.39, 0.29) is 9.76 Å². The molecule has 0 aliphatic carbocycles. The number of rotatable bonds is 1. The van der Waals surface area contributed by atoms with E-state index in [1.54, 1.807) is 0 Å². The normalized spacial score (nSPS) is 23.9. The van der Waals surface area contributed by atoms with Crippen LogP contribution in [0, 0.1) is 0 Å². The van der Waals surface area contributed by atoms with Crippen molar-refractivity contribution >= 4 is 14.9 Å². The summed E-state index contributed by atoms with van der Waals surface area (Å²) in [6.07, 6.45) is 1.53. The average Bonchev–Trinajstić information content (AvgIpc) is 2.47. The Hall–Kier alpha value is -0.603. The van der Waals surface area contributed by atoms with Crippen molar-refractivity contribution in [1.82, 2.24) is 0 Å². The first-order valence-corrected chi connectivity index (χ1v) is 5.39. The van der Waals surface area contributed by atoms with Gasteiger partial charge in [0, 0.05) is 0 Å². The Bertz CT molecular complexity index is 259. The quantitative estimate of drug-likeness (QED) is 0.560. The fourth-order valence-corrected chi connectivity index (χ4v) is 3.14. The lowest BCUT2D eigenvalue weighted by atomic mass is 10.1. The van der Waals surface area contributed by atoms with Gasteiger partial charge in [0.1, 0.15) is 0 Å². The van der Waals surface area contributed by atoms with E-state index in [2.05, 4.69) is 31.2 Å². The second-order valence-electron chi connectivity index (χ2n) is 2.91. The lowest BCUT2D eigenvalue weighted by Crippen LogP contribution is -2.09. The average molecular weight is 164 g/mol. The fourth-order valence-electron chi connectivity index (χ4n) is 1.60. The first-order chi connectivity index (χ1) is 5.42. The predicted molar refractivity (Wildman–Crippen MR) is 48.7 cm³/mol. The standard InChI is InChI=1S/C9H12OSi/c1-2-8-7-5-3-4-6-9(7)11-10-8/h3-6,8H,2,11H2,1H3. The van der Waals surface area contributed by atoms with E-state index in [1.165, 1.54) is 10.8 Å². The maximum Gasteiger partial charge on any atom is 0.193 e. The van der Waals surface area contributed by atoms with Gasteiger partial charge in [-0.25, -0.2) is 0 Å². The van der Waals surface area contributed by atoms with Crippen LogP contribution in [0.4, 0.5) is 0 Å². The van der Waals surface area contributed by atoms with Crippen molar-refractivity contribution in [3.8, 4) is 0 Å². The summed E-state index contributed by atoms with van der Waals surface area (Å²) >= 11 is 0. The first kappa shape index (κ1) is 7.07. The zero-order chi connectivity index (χ0) is 7.68.